The Hall–Kier alpha value is -1.90. The minimum atomic E-state index is -0.703. The molecular formula is C16H19NO2. The van der Waals surface area contributed by atoms with Gasteiger partial charge in [-0.2, -0.15) is 0 Å². The number of benzene rings is 1. The molecule has 0 bridgehead atoms. The highest BCUT2D eigenvalue weighted by Crippen LogP contribution is 2.35. The summed E-state index contributed by atoms with van der Waals surface area (Å²) in [5, 5.41) is 0. The van der Waals surface area contributed by atoms with Crippen LogP contribution in [0.5, 0.6) is 0 Å². The number of amides is 1. The molecule has 100 valence electrons. The summed E-state index contributed by atoms with van der Waals surface area (Å²) < 4.78 is 0. The van der Waals surface area contributed by atoms with Gasteiger partial charge in [0, 0.05) is 5.69 Å². The molecule has 0 saturated heterocycles. The first-order valence-electron chi connectivity index (χ1n) is 6.71. The van der Waals surface area contributed by atoms with E-state index in [0.717, 1.165) is 44.1 Å². The molecule has 0 aromatic heterocycles. The number of carbonyl (C=O) groups excluding carboxylic acids is 2. The lowest BCUT2D eigenvalue weighted by Gasteiger charge is -2.42. The summed E-state index contributed by atoms with van der Waals surface area (Å²) in [6, 6.07) is 9.37. The summed E-state index contributed by atoms with van der Waals surface area (Å²) in [4.78, 5) is 25.5. The monoisotopic (exact) mass is 257 g/mol. The zero-order chi connectivity index (χ0) is 13.7. The van der Waals surface area contributed by atoms with Crippen LogP contribution in [0.15, 0.2) is 43.0 Å². The molecule has 1 saturated carbocycles. The van der Waals surface area contributed by atoms with Gasteiger partial charge in [0.1, 0.15) is 11.8 Å². The lowest BCUT2D eigenvalue weighted by molar-refractivity contribution is -0.120. The molecule has 1 fully saturated rings. The van der Waals surface area contributed by atoms with Crippen molar-refractivity contribution in [1.82, 2.24) is 0 Å². The number of para-hydroxylation sites is 1. The van der Waals surface area contributed by atoms with E-state index in [1.54, 1.807) is 4.90 Å². The Labute approximate surface area is 113 Å². The van der Waals surface area contributed by atoms with Crippen LogP contribution >= 0.6 is 0 Å². The number of hydrogen-bond acceptors (Lipinski definition) is 2. The first-order valence-corrected chi connectivity index (χ1v) is 6.71. The Morgan fingerprint density at radius 1 is 1.16 bits per heavy atom. The van der Waals surface area contributed by atoms with Crippen molar-refractivity contribution in [3.8, 4) is 0 Å². The molecule has 0 N–H and O–H groups in total. The second kappa shape index (κ2) is 5.83. The molecule has 2 rings (SSSR count). The van der Waals surface area contributed by atoms with E-state index < -0.39 is 5.54 Å². The van der Waals surface area contributed by atoms with Crippen LogP contribution in [0.3, 0.4) is 0 Å². The molecule has 0 radical (unpaired) electrons. The Morgan fingerprint density at radius 2 is 1.79 bits per heavy atom. The topological polar surface area (TPSA) is 37.4 Å². The van der Waals surface area contributed by atoms with Crippen LogP contribution in [-0.2, 0) is 9.59 Å². The zero-order valence-corrected chi connectivity index (χ0v) is 11.0. The van der Waals surface area contributed by atoms with Gasteiger partial charge in [-0.3, -0.25) is 9.69 Å². The molecule has 0 spiro atoms. The predicted molar refractivity (Wildman–Crippen MR) is 76.0 cm³/mol. The van der Waals surface area contributed by atoms with Crippen molar-refractivity contribution in [2.75, 3.05) is 4.90 Å². The van der Waals surface area contributed by atoms with E-state index >= 15 is 0 Å². The summed E-state index contributed by atoms with van der Waals surface area (Å²) in [5.74, 6) is -0.208. The molecule has 3 nitrogen and oxygen atoms in total. The van der Waals surface area contributed by atoms with Crippen LogP contribution in [0.4, 0.5) is 5.69 Å². The summed E-state index contributed by atoms with van der Waals surface area (Å²) in [6.45, 7) is 3.56. The first-order chi connectivity index (χ1) is 9.23. The highest BCUT2D eigenvalue weighted by atomic mass is 16.2. The molecule has 3 heteroatoms. The highest BCUT2D eigenvalue weighted by Gasteiger charge is 2.40. The maximum atomic E-state index is 12.2. The van der Waals surface area contributed by atoms with Gasteiger partial charge in [-0.05, 0) is 31.1 Å². The van der Waals surface area contributed by atoms with E-state index in [-0.39, 0.29) is 5.91 Å². The fraction of sp³-hybridized carbons (Fsp3) is 0.375. The molecule has 0 heterocycles. The number of rotatable bonds is 4. The van der Waals surface area contributed by atoms with Crippen LogP contribution in [0.2, 0.25) is 0 Å². The van der Waals surface area contributed by atoms with Gasteiger partial charge < -0.3 is 4.79 Å². The number of aldehydes is 1. The zero-order valence-electron chi connectivity index (χ0n) is 11.0. The largest absolute Gasteiger partial charge is 0.301 e. The van der Waals surface area contributed by atoms with Crippen LogP contribution in [-0.4, -0.2) is 17.7 Å². The number of anilines is 1. The maximum Gasteiger partial charge on any atom is 0.251 e. The molecule has 1 aromatic carbocycles. The number of nitrogens with zero attached hydrogens (tertiary/aromatic N) is 1. The summed E-state index contributed by atoms with van der Waals surface area (Å²) in [6.07, 6.45) is 6.77. The summed E-state index contributed by atoms with van der Waals surface area (Å²) >= 11 is 0. The third-order valence-corrected chi connectivity index (χ3v) is 3.79. The van der Waals surface area contributed by atoms with Crippen molar-refractivity contribution in [2.24, 2.45) is 0 Å². The lowest BCUT2D eigenvalue weighted by atomic mass is 9.81. The van der Waals surface area contributed by atoms with Crippen molar-refractivity contribution < 1.29 is 9.59 Å². The van der Waals surface area contributed by atoms with Gasteiger partial charge in [-0.15, -0.1) is 0 Å². The Kier molecular flexibility index (Phi) is 4.15. The quantitative estimate of drug-likeness (QED) is 0.614. The molecular weight excluding hydrogens is 238 g/mol. The second-order valence-electron chi connectivity index (χ2n) is 5.00. The third-order valence-electron chi connectivity index (χ3n) is 3.79. The van der Waals surface area contributed by atoms with Crippen molar-refractivity contribution >= 4 is 17.9 Å². The van der Waals surface area contributed by atoms with Gasteiger partial charge in [0.2, 0.25) is 0 Å². The van der Waals surface area contributed by atoms with E-state index in [1.807, 2.05) is 30.3 Å². The Bertz CT molecular complexity index is 461. The van der Waals surface area contributed by atoms with Gasteiger partial charge in [0.25, 0.3) is 5.91 Å². The highest BCUT2D eigenvalue weighted by molar-refractivity contribution is 6.05. The molecule has 1 aromatic rings. The lowest BCUT2D eigenvalue weighted by Crippen LogP contribution is -2.54. The van der Waals surface area contributed by atoms with Gasteiger partial charge in [0.05, 0.1) is 0 Å². The van der Waals surface area contributed by atoms with Crippen LogP contribution in [0, 0.1) is 0 Å². The normalized spacial score (nSPS) is 17.5. The third kappa shape index (κ3) is 2.60. The first kappa shape index (κ1) is 13.5. The smallest absolute Gasteiger partial charge is 0.251 e. The number of carbonyl (C=O) groups is 2. The Morgan fingerprint density at radius 3 is 2.32 bits per heavy atom. The van der Waals surface area contributed by atoms with E-state index in [1.165, 1.54) is 6.08 Å². The van der Waals surface area contributed by atoms with Crippen molar-refractivity contribution in [1.29, 1.82) is 0 Å². The van der Waals surface area contributed by atoms with Crippen molar-refractivity contribution in [3.05, 3.63) is 43.0 Å². The SMILES string of the molecule is C=CC(=O)N(c1ccccc1)C1(C=O)CCCCC1. The predicted octanol–water partition coefficient (Wildman–Crippen LogP) is 3.11. The maximum absolute atomic E-state index is 12.2. The van der Waals surface area contributed by atoms with E-state index in [9.17, 15) is 9.59 Å². The second-order valence-corrected chi connectivity index (χ2v) is 5.00. The molecule has 0 aliphatic heterocycles. The van der Waals surface area contributed by atoms with Crippen molar-refractivity contribution in [3.63, 3.8) is 0 Å². The molecule has 1 aliphatic rings. The summed E-state index contributed by atoms with van der Waals surface area (Å²) in [7, 11) is 0. The molecule has 19 heavy (non-hydrogen) atoms. The molecule has 0 atom stereocenters. The van der Waals surface area contributed by atoms with Crippen molar-refractivity contribution in [2.45, 2.75) is 37.6 Å². The number of hydrogen-bond donors (Lipinski definition) is 0. The van der Waals surface area contributed by atoms with Gasteiger partial charge >= 0.3 is 0 Å². The van der Waals surface area contributed by atoms with Crippen LogP contribution < -0.4 is 4.90 Å². The Balaban J connectivity index is 2.44. The van der Waals surface area contributed by atoms with Gasteiger partial charge in [-0.25, -0.2) is 0 Å². The minimum absolute atomic E-state index is 0.208. The van der Waals surface area contributed by atoms with Crippen LogP contribution in [0.1, 0.15) is 32.1 Å². The molecule has 1 aliphatic carbocycles. The molecule has 1 amide bonds. The van der Waals surface area contributed by atoms with Gasteiger partial charge in [0.15, 0.2) is 0 Å². The van der Waals surface area contributed by atoms with E-state index in [2.05, 4.69) is 6.58 Å². The fourth-order valence-corrected chi connectivity index (χ4v) is 2.83. The average Bonchev–Trinajstić information content (AvgIpc) is 2.49. The molecule has 0 unspecified atom stereocenters. The van der Waals surface area contributed by atoms with E-state index in [0.29, 0.717) is 0 Å². The standard InChI is InChI=1S/C16H19NO2/c1-2-15(19)17(14-9-5-3-6-10-14)16(13-18)11-7-4-8-12-16/h2-3,5-6,9-10,13H,1,4,7-8,11-12H2. The minimum Gasteiger partial charge on any atom is -0.301 e. The van der Waals surface area contributed by atoms with Crippen LogP contribution in [0.25, 0.3) is 0 Å². The van der Waals surface area contributed by atoms with Gasteiger partial charge in [-0.1, -0.05) is 44.0 Å². The van der Waals surface area contributed by atoms with E-state index in [4.69, 9.17) is 0 Å². The average molecular weight is 257 g/mol. The fourth-order valence-electron chi connectivity index (χ4n) is 2.83. The summed E-state index contributed by atoms with van der Waals surface area (Å²) in [5.41, 5.74) is 0.0617.